The Labute approximate surface area is 152 Å². The molecule has 4 nitrogen and oxygen atoms in total. The number of pyridine rings is 1. The third-order valence-electron chi connectivity index (χ3n) is 4.79. The van der Waals surface area contributed by atoms with E-state index < -0.39 is 0 Å². The molecular weight excluding hydrogens is 326 g/mol. The summed E-state index contributed by atoms with van der Waals surface area (Å²) in [5.74, 6) is 0.529. The lowest BCUT2D eigenvalue weighted by atomic mass is 10.0. The molecule has 1 heterocycles. The van der Waals surface area contributed by atoms with Crippen molar-refractivity contribution in [2.24, 2.45) is 0 Å². The number of methoxy groups -OCH3 is 2. The lowest BCUT2D eigenvalue weighted by Crippen LogP contribution is -2.08. The zero-order valence-electron chi connectivity index (χ0n) is 14.8. The summed E-state index contributed by atoms with van der Waals surface area (Å²) in [6.07, 6.45) is 3.78. The molecule has 4 heteroatoms. The molecule has 4 rings (SSSR count). The Bertz CT molecular complexity index is 1020. The number of benzene rings is 2. The van der Waals surface area contributed by atoms with Crippen LogP contribution < -0.4 is 4.74 Å². The van der Waals surface area contributed by atoms with Crippen LogP contribution in [-0.2, 0) is 11.2 Å². The fraction of sp³-hybridized carbons (Fsp3) is 0.182. The number of hydrogen-bond donors (Lipinski definition) is 0. The second kappa shape index (κ2) is 6.64. The van der Waals surface area contributed by atoms with Gasteiger partial charge in [0.1, 0.15) is 5.75 Å². The smallest absolute Gasteiger partial charge is 0.338 e. The average molecular weight is 345 g/mol. The molecule has 0 radical (unpaired) electrons. The Balaban J connectivity index is 1.87. The standard InChI is InChI=1S/C22H19NO3/c1-25-16-10-7-14(8-11-16)13-15-9-12-18-20(22(24)26-2)17-5-3-4-6-19(17)23-21(15)18/h3-8,10-11,13H,9,12H2,1-2H3/b15-13+. The van der Waals surface area contributed by atoms with Crippen molar-refractivity contribution < 1.29 is 14.3 Å². The van der Waals surface area contributed by atoms with Gasteiger partial charge in [-0.15, -0.1) is 0 Å². The molecule has 0 N–H and O–H groups in total. The van der Waals surface area contributed by atoms with Crippen LogP contribution in [0.3, 0.4) is 0 Å². The maximum absolute atomic E-state index is 12.4. The van der Waals surface area contributed by atoms with E-state index in [4.69, 9.17) is 14.5 Å². The van der Waals surface area contributed by atoms with Crippen LogP contribution in [0, 0.1) is 0 Å². The van der Waals surface area contributed by atoms with E-state index in [0.717, 1.165) is 51.9 Å². The Hall–Kier alpha value is -3.14. The summed E-state index contributed by atoms with van der Waals surface area (Å²) >= 11 is 0. The van der Waals surface area contributed by atoms with Crippen LogP contribution in [0.1, 0.15) is 33.6 Å². The molecular formula is C22H19NO3. The van der Waals surface area contributed by atoms with Gasteiger partial charge < -0.3 is 9.47 Å². The van der Waals surface area contributed by atoms with Crippen molar-refractivity contribution >= 4 is 28.5 Å². The van der Waals surface area contributed by atoms with Crippen LogP contribution in [0.15, 0.2) is 48.5 Å². The first-order chi connectivity index (χ1) is 12.7. The lowest BCUT2D eigenvalue weighted by molar-refractivity contribution is 0.0602. The zero-order chi connectivity index (χ0) is 18.1. The molecule has 3 aromatic rings. The quantitative estimate of drug-likeness (QED) is 0.655. The minimum atomic E-state index is -0.300. The molecule has 0 spiro atoms. The molecule has 130 valence electrons. The van der Waals surface area contributed by atoms with Gasteiger partial charge in [0.15, 0.2) is 0 Å². The molecule has 0 aliphatic heterocycles. The summed E-state index contributed by atoms with van der Waals surface area (Å²) < 4.78 is 10.3. The van der Waals surface area contributed by atoms with E-state index in [-0.39, 0.29) is 5.97 Å². The molecule has 0 fully saturated rings. The second-order valence-electron chi connectivity index (χ2n) is 6.27. The monoisotopic (exact) mass is 345 g/mol. The highest BCUT2D eigenvalue weighted by atomic mass is 16.5. The number of carbonyl (C=O) groups excluding carboxylic acids is 1. The van der Waals surface area contributed by atoms with Crippen LogP contribution >= 0.6 is 0 Å². The number of carbonyl (C=O) groups is 1. The molecule has 1 aliphatic rings. The maximum atomic E-state index is 12.4. The number of nitrogens with zero attached hydrogens (tertiary/aromatic N) is 1. The van der Waals surface area contributed by atoms with Crippen LogP contribution in [-0.4, -0.2) is 25.2 Å². The minimum absolute atomic E-state index is 0.300. The van der Waals surface area contributed by atoms with Crippen molar-refractivity contribution in [3.8, 4) is 5.75 Å². The Morgan fingerprint density at radius 2 is 1.81 bits per heavy atom. The van der Waals surface area contributed by atoms with Crippen LogP contribution in [0.2, 0.25) is 0 Å². The normalized spacial score (nSPS) is 14.5. The van der Waals surface area contributed by atoms with Gasteiger partial charge in [0.25, 0.3) is 0 Å². The molecule has 2 aromatic carbocycles. The van der Waals surface area contributed by atoms with Gasteiger partial charge in [-0.2, -0.15) is 0 Å². The predicted octanol–water partition coefficient (Wildman–Crippen LogP) is 4.52. The van der Waals surface area contributed by atoms with Crippen molar-refractivity contribution in [1.82, 2.24) is 4.98 Å². The van der Waals surface area contributed by atoms with E-state index in [0.29, 0.717) is 5.56 Å². The number of fused-ring (bicyclic) bond motifs is 2. The summed E-state index contributed by atoms with van der Waals surface area (Å²) in [6, 6.07) is 15.6. The Morgan fingerprint density at radius 1 is 1.04 bits per heavy atom. The number of aromatic nitrogens is 1. The summed E-state index contributed by atoms with van der Waals surface area (Å²) in [5, 5.41) is 0.851. The molecule has 1 aliphatic carbocycles. The SMILES string of the molecule is COC(=O)c1c2c(nc3ccccc13)/C(=C/c1ccc(OC)cc1)CC2. The van der Waals surface area contributed by atoms with Gasteiger partial charge in [-0.1, -0.05) is 30.3 Å². The fourth-order valence-corrected chi connectivity index (χ4v) is 3.52. The largest absolute Gasteiger partial charge is 0.497 e. The minimum Gasteiger partial charge on any atom is -0.497 e. The highest BCUT2D eigenvalue weighted by Crippen LogP contribution is 2.37. The van der Waals surface area contributed by atoms with Gasteiger partial charge in [0, 0.05) is 5.39 Å². The van der Waals surface area contributed by atoms with Gasteiger partial charge in [0.05, 0.1) is 31.0 Å². The predicted molar refractivity (Wildman–Crippen MR) is 102 cm³/mol. The number of hydrogen-bond acceptors (Lipinski definition) is 4. The molecule has 0 bridgehead atoms. The van der Waals surface area contributed by atoms with E-state index in [1.165, 1.54) is 7.11 Å². The summed E-state index contributed by atoms with van der Waals surface area (Å²) in [5.41, 5.74) is 5.57. The fourth-order valence-electron chi connectivity index (χ4n) is 3.52. The second-order valence-corrected chi connectivity index (χ2v) is 6.27. The first kappa shape index (κ1) is 16.3. The van der Waals surface area contributed by atoms with E-state index in [2.05, 4.69) is 6.08 Å². The third-order valence-corrected chi connectivity index (χ3v) is 4.79. The Morgan fingerprint density at radius 3 is 2.54 bits per heavy atom. The first-order valence-corrected chi connectivity index (χ1v) is 8.56. The summed E-state index contributed by atoms with van der Waals surface area (Å²) in [6.45, 7) is 0. The first-order valence-electron chi connectivity index (χ1n) is 8.56. The average Bonchev–Trinajstić information content (AvgIpc) is 3.08. The van der Waals surface area contributed by atoms with Gasteiger partial charge in [-0.05, 0) is 53.8 Å². The number of esters is 1. The van der Waals surface area contributed by atoms with Gasteiger partial charge in [-0.25, -0.2) is 9.78 Å². The Kier molecular flexibility index (Phi) is 4.17. The topological polar surface area (TPSA) is 48.4 Å². The molecule has 0 saturated carbocycles. The number of para-hydroxylation sites is 1. The molecule has 0 saturated heterocycles. The molecule has 0 unspecified atom stereocenters. The maximum Gasteiger partial charge on any atom is 0.338 e. The molecule has 1 aromatic heterocycles. The number of ether oxygens (including phenoxy) is 2. The van der Waals surface area contributed by atoms with Gasteiger partial charge in [-0.3, -0.25) is 0 Å². The van der Waals surface area contributed by atoms with E-state index >= 15 is 0 Å². The van der Waals surface area contributed by atoms with Crippen molar-refractivity contribution in [3.05, 3.63) is 70.9 Å². The van der Waals surface area contributed by atoms with Crippen molar-refractivity contribution in [2.45, 2.75) is 12.8 Å². The highest BCUT2D eigenvalue weighted by Gasteiger charge is 2.27. The van der Waals surface area contributed by atoms with Crippen molar-refractivity contribution in [1.29, 1.82) is 0 Å². The van der Waals surface area contributed by atoms with Crippen LogP contribution in [0.25, 0.3) is 22.6 Å². The van der Waals surface area contributed by atoms with Crippen LogP contribution in [0.5, 0.6) is 5.75 Å². The number of allylic oxidation sites excluding steroid dienone is 1. The van der Waals surface area contributed by atoms with Gasteiger partial charge in [0.2, 0.25) is 0 Å². The van der Waals surface area contributed by atoms with Gasteiger partial charge >= 0.3 is 5.97 Å². The third kappa shape index (κ3) is 2.73. The lowest BCUT2D eigenvalue weighted by Gasteiger charge is -2.10. The van der Waals surface area contributed by atoms with Crippen molar-refractivity contribution in [3.63, 3.8) is 0 Å². The highest BCUT2D eigenvalue weighted by molar-refractivity contribution is 6.07. The number of rotatable bonds is 3. The van der Waals surface area contributed by atoms with Crippen molar-refractivity contribution in [2.75, 3.05) is 14.2 Å². The van der Waals surface area contributed by atoms with E-state index in [9.17, 15) is 4.79 Å². The molecule has 0 atom stereocenters. The summed E-state index contributed by atoms with van der Waals surface area (Å²) in [4.78, 5) is 17.3. The summed E-state index contributed by atoms with van der Waals surface area (Å²) in [7, 11) is 3.08. The zero-order valence-corrected chi connectivity index (χ0v) is 14.8. The van der Waals surface area contributed by atoms with E-state index in [1.54, 1.807) is 7.11 Å². The van der Waals surface area contributed by atoms with Crippen LogP contribution in [0.4, 0.5) is 0 Å². The molecule has 0 amide bonds. The molecule has 26 heavy (non-hydrogen) atoms. The van der Waals surface area contributed by atoms with E-state index in [1.807, 2.05) is 48.5 Å².